The fourth-order valence-corrected chi connectivity index (χ4v) is 1.51. The minimum absolute atomic E-state index is 0.347. The summed E-state index contributed by atoms with van der Waals surface area (Å²) in [5.41, 5.74) is 0.591. The Labute approximate surface area is 95.9 Å². The van der Waals surface area contributed by atoms with E-state index in [4.69, 9.17) is 4.42 Å². The van der Waals surface area contributed by atoms with Crippen LogP contribution in [0.3, 0.4) is 0 Å². The van der Waals surface area contributed by atoms with Crippen molar-refractivity contribution in [2.75, 3.05) is 5.32 Å². The fourth-order valence-electron chi connectivity index (χ4n) is 1.51. The number of fused-ring (bicyclic) bond motifs is 1. The van der Waals surface area contributed by atoms with E-state index in [-0.39, 0.29) is 5.82 Å². The molecule has 3 aromatic heterocycles. The summed E-state index contributed by atoms with van der Waals surface area (Å²) in [5, 5.41) is 7.08. The maximum absolute atomic E-state index is 12.9. The quantitative estimate of drug-likeness (QED) is 0.751. The van der Waals surface area contributed by atoms with E-state index in [2.05, 4.69) is 15.4 Å². The Kier molecular flexibility index (Phi) is 2.25. The number of nitrogens with zero attached hydrogens (tertiary/aromatic N) is 3. The smallest absolute Gasteiger partial charge is 0.243 e. The highest BCUT2D eigenvalue weighted by atomic mass is 19.1. The van der Waals surface area contributed by atoms with Gasteiger partial charge in [-0.15, -0.1) is 5.10 Å². The SMILES string of the molecule is Fc1ccc2nc(NCc3ccco3)nn2c1. The molecule has 0 radical (unpaired) electrons. The third kappa shape index (κ3) is 1.96. The van der Waals surface area contributed by atoms with Gasteiger partial charge in [0.15, 0.2) is 5.65 Å². The van der Waals surface area contributed by atoms with Gasteiger partial charge in [0.25, 0.3) is 0 Å². The number of aromatic nitrogens is 3. The minimum atomic E-state index is -0.347. The van der Waals surface area contributed by atoms with E-state index in [1.165, 1.54) is 16.8 Å². The molecule has 0 aliphatic rings. The second-order valence-corrected chi connectivity index (χ2v) is 3.52. The Morgan fingerprint density at radius 2 is 2.29 bits per heavy atom. The van der Waals surface area contributed by atoms with Gasteiger partial charge in [0.1, 0.15) is 11.6 Å². The van der Waals surface area contributed by atoms with E-state index in [0.29, 0.717) is 18.1 Å². The van der Waals surface area contributed by atoms with Crippen LogP contribution in [0.15, 0.2) is 41.1 Å². The van der Waals surface area contributed by atoms with Crippen LogP contribution in [-0.2, 0) is 6.54 Å². The second kappa shape index (κ2) is 3.89. The molecule has 0 spiro atoms. The molecule has 86 valence electrons. The van der Waals surface area contributed by atoms with Crippen LogP contribution in [0.25, 0.3) is 5.65 Å². The number of hydrogen-bond acceptors (Lipinski definition) is 4. The van der Waals surface area contributed by atoms with Crippen molar-refractivity contribution >= 4 is 11.6 Å². The summed E-state index contributed by atoms with van der Waals surface area (Å²) in [6.45, 7) is 0.492. The highest BCUT2D eigenvalue weighted by Crippen LogP contribution is 2.08. The summed E-state index contributed by atoms with van der Waals surface area (Å²) >= 11 is 0. The largest absolute Gasteiger partial charge is 0.467 e. The average molecular weight is 232 g/mol. The molecule has 0 fully saturated rings. The second-order valence-electron chi connectivity index (χ2n) is 3.52. The number of halogens is 1. The highest BCUT2D eigenvalue weighted by molar-refractivity contribution is 5.43. The first kappa shape index (κ1) is 9.83. The highest BCUT2D eigenvalue weighted by Gasteiger charge is 2.04. The Hall–Kier alpha value is -2.37. The zero-order valence-electron chi connectivity index (χ0n) is 8.80. The van der Waals surface area contributed by atoms with Crippen molar-refractivity contribution < 1.29 is 8.81 Å². The van der Waals surface area contributed by atoms with E-state index < -0.39 is 0 Å². The summed E-state index contributed by atoms with van der Waals surface area (Å²) in [6.07, 6.45) is 2.88. The predicted molar refractivity (Wildman–Crippen MR) is 59.0 cm³/mol. The molecule has 0 aromatic carbocycles. The molecule has 17 heavy (non-hydrogen) atoms. The molecule has 0 atom stereocenters. The molecule has 6 heteroatoms. The van der Waals surface area contributed by atoms with Crippen molar-refractivity contribution in [3.05, 3.63) is 48.3 Å². The van der Waals surface area contributed by atoms with Gasteiger partial charge in [-0.1, -0.05) is 0 Å². The van der Waals surface area contributed by atoms with Gasteiger partial charge in [0.05, 0.1) is 19.0 Å². The fraction of sp³-hybridized carbons (Fsp3) is 0.0909. The normalized spacial score (nSPS) is 10.9. The molecule has 0 bridgehead atoms. The first-order chi connectivity index (χ1) is 8.31. The summed E-state index contributed by atoms with van der Waals surface area (Å²) in [6, 6.07) is 6.58. The van der Waals surface area contributed by atoms with Gasteiger partial charge in [-0.25, -0.2) is 8.91 Å². The number of rotatable bonds is 3. The summed E-state index contributed by atoms with van der Waals surface area (Å²) in [4.78, 5) is 4.19. The number of pyridine rings is 1. The zero-order chi connectivity index (χ0) is 11.7. The lowest BCUT2D eigenvalue weighted by Gasteiger charge is -1.96. The molecule has 3 rings (SSSR count). The van der Waals surface area contributed by atoms with Crippen LogP contribution in [-0.4, -0.2) is 14.6 Å². The van der Waals surface area contributed by atoms with Crippen molar-refractivity contribution in [3.63, 3.8) is 0 Å². The lowest BCUT2D eigenvalue weighted by molar-refractivity contribution is 0.517. The van der Waals surface area contributed by atoms with Crippen molar-refractivity contribution in [1.82, 2.24) is 14.6 Å². The Bertz CT molecular complexity index is 632. The van der Waals surface area contributed by atoms with Crippen molar-refractivity contribution in [2.45, 2.75) is 6.54 Å². The van der Waals surface area contributed by atoms with Crippen LogP contribution >= 0.6 is 0 Å². The molecule has 0 saturated heterocycles. The first-order valence-electron chi connectivity index (χ1n) is 5.09. The van der Waals surface area contributed by atoms with Crippen LogP contribution in [0, 0.1) is 5.82 Å². The number of hydrogen-bond donors (Lipinski definition) is 1. The number of nitrogens with one attached hydrogen (secondary N) is 1. The van der Waals surface area contributed by atoms with Crippen LogP contribution in [0.1, 0.15) is 5.76 Å². The molecule has 1 N–H and O–H groups in total. The molecule has 0 saturated carbocycles. The topological polar surface area (TPSA) is 55.4 Å². The van der Waals surface area contributed by atoms with Crippen molar-refractivity contribution in [2.24, 2.45) is 0 Å². The van der Waals surface area contributed by atoms with Crippen LogP contribution < -0.4 is 5.32 Å². The minimum Gasteiger partial charge on any atom is -0.467 e. The maximum Gasteiger partial charge on any atom is 0.243 e. The van der Waals surface area contributed by atoms with Crippen LogP contribution in [0.4, 0.5) is 10.3 Å². The van der Waals surface area contributed by atoms with Gasteiger partial charge < -0.3 is 9.73 Å². The predicted octanol–water partition coefficient (Wildman–Crippen LogP) is 2.07. The van der Waals surface area contributed by atoms with Crippen LogP contribution in [0.5, 0.6) is 0 Å². The van der Waals surface area contributed by atoms with E-state index in [0.717, 1.165) is 5.76 Å². The van der Waals surface area contributed by atoms with Crippen LogP contribution in [0.2, 0.25) is 0 Å². The third-order valence-corrected chi connectivity index (χ3v) is 2.30. The third-order valence-electron chi connectivity index (χ3n) is 2.30. The number of furan rings is 1. The Balaban J connectivity index is 1.81. The van der Waals surface area contributed by atoms with Gasteiger partial charge in [0.2, 0.25) is 5.95 Å². The van der Waals surface area contributed by atoms with E-state index in [9.17, 15) is 4.39 Å². The zero-order valence-corrected chi connectivity index (χ0v) is 8.80. The van der Waals surface area contributed by atoms with E-state index in [1.54, 1.807) is 12.3 Å². The molecule has 0 amide bonds. The molecule has 0 unspecified atom stereocenters. The Morgan fingerprint density at radius 3 is 3.12 bits per heavy atom. The first-order valence-corrected chi connectivity index (χ1v) is 5.09. The summed E-state index contributed by atoms with van der Waals surface area (Å²) < 4.78 is 19.5. The molecule has 3 aromatic rings. The molecule has 5 nitrogen and oxygen atoms in total. The van der Waals surface area contributed by atoms with Crippen molar-refractivity contribution in [3.8, 4) is 0 Å². The van der Waals surface area contributed by atoms with Gasteiger partial charge in [-0.05, 0) is 24.3 Å². The molecule has 0 aliphatic carbocycles. The van der Waals surface area contributed by atoms with E-state index >= 15 is 0 Å². The van der Waals surface area contributed by atoms with Gasteiger partial charge >= 0.3 is 0 Å². The maximum atomic E-state index is 12.9. The average Bonchev–Trinajstić information content (AvgIpc) is 2.94. The monoisotopic (exact) mass is 232 g/mol. The molecule has 3 heterocycles. The number of anilines is 1. The summed E-state index contributed by atoms with van der Waals surface area (Å²) in [7, 11) is 0. The molecular formula is C11H9FN4O. The lowest BCUT2D eigenvalue weighted by Crippen LogP contribution is -2.00. The molecule has 0 aliphatic heterocycles. The van der Waals surface area contributed by atoms with Gasteiger partial charge in [-0.2, -0.15) is 4.98 Å². The lowest BCUT2D eigenvalue weighted by atomic mass is 10.4. The molecular weight excluding hydrogens is 223 g/mol. The van der Waals surface area contributed by atoms with Crippen molar-refractivity contribution in [1.29, 1.82) is 0 Å². The van der Waals surface area contributed by atoms with Gasteiger partial charge in [-0.3, -0.25) is 0 Å². The standard InChI is InChI=1S/C11H9FN4O/c12-8-3-4-10-14-11(15-16(10)7-8)13-6-9-2-1-5-17-9/h1-5,7H,6H2,(H,13,15). The van der Waals surface area contributed by atoms with E-state index in [1.807, 2.05) is 12.1 Å². The summed E-state index contributed by atoms with van der Waals surface area (Å²) in [5.74, 6) is 0.877. The van der Waals surface area contributed by atoms with Gasteiger partial charge in [0, 0.05) is 0 Å². The Morgan fingerprint density at radius 1 is 1.35 bits per heavy atom.